The number of sulfonamides is 1. The molecular weight excluding hydrogens is 280 g/mol. The fourth-order valence-corrected chi connectivity index (χ4v) is 2.63. The smallest absolute Gasteiger partial charge is 0.264 e. The van der Waals surface area contributed by atoms with E-state index in [2.05, 4.69) is 5.32 Å². The maximum absolute atomic E-state index is 12.0. The molecule has 2 amide bonds. The molecule has 20 heavy (non-hydrogen) atoms. The van der Waals surface area contributed by atoms with Crippen molar-refractivity contribution in [3.8, 4) is 0 Å². The Kier molecular flexibility index (Phi) is 4.54. The van der Waals surface area contributed by atoms with E-state index in [1.165, 1.54) is 32.9 Å². The number of carbonyl (C=O) groups excluding carboxylic acids is 2. The number of aryl methyl sites for hydroxylation is 1. The van der Waals surface area contributed by atoms with Crippen LogP contribution in [0.2, 0.25) is 0 Å². The van der Waals surface area contributed by atoms with Crippen LogP contribution in [0.5, 0.6) is 0 Å². The van der Waals surface area contributed by atoms with E-state index >= 15 is 0 Å². The first-order valence-electron chi connectivity index (χ1n) is 5.97. The van der Waals surface area contributed by atoms with Crippen molar-refractivity contribution in [3.63, 3.8) is 0 Å². The second kappa shape index (κ2) is 5.62. The lowest BCUT2D eigenvalue weighted by atomic mass is 10.1. The molecule has 7 heteroatoms. The van der Waals surface area contributed by atoms with Crippen LogP contribution in [-0.4, -0.2) is 25.8 Å². The van der Waals surface area contributed by atoms with E-state index in [1.807, 2.05) is 11.6 Å². The van der Waals surface area contributed by atoms with Crippen molar-refractivity contribution in [2.45, 2.75) is 38.1 Å². The van der Waals surface area contributed by atoms with Gasteiger partial charge < -0.3 is 5.32 Å². The maximum Gasteiger partial charge on any atom is 0.264 e. The van der Waals surface area contributed by atoms with Gasteiger partial charge in [-0.2, -0.15) is 0 Å². The zero-order valence-corrected chi connectivity index (χ0v) is 12.7. The number of carbonyl (C=O) groups is 2. The second-order valence-electron chi connectivity index (χ2n) is 5.05. The molecule has 0 fully saturated rings. The number of benzene rings is 1. The summed E-state index contributed by atoms with van der Waals surface area (Å²) in [5, 5.41) is 2.39. The molecule has 0 aliphatic carbocycles. The SMILES string of the molecule is CC(=O)NC(C)(C)C(=O)NS(=O)(=O)c1ccc(C)cc1. The van der Waals surface area contributed by atoms with Crippen LogP contribution in [0.25, 0.3) is 0 Å². The van der Waals surface area contributed by atoms with Gasteiger partial charge in [0.1, 0.15) is 5.54 Å². The van der Waals surface area contributed by atoms with Crippen LogP contribution >= 0.6 is 0 Å². The molecule has 2 N–H and O–H groups in total. The maximum atomic E-state index is 12.0. The van der Waals surface area contributed by atoms with Crippen LogP contribution in [0.3, 0.4) is 0 Å². The summed E-state index contributed by atoms with van der Waals surface area (Å²) in [5.41, 5.74) is -0.405. The number of amides is 2. The zero-order valence-electron chi connectivity index (χ0n) is 11.9. The van der Waals surface area contributed by atoms with Gasteiger partial charge in [-0.15, -0.1) is 0 Å². The number of rotatable bonds is 4. The Hall–Kier alpha value is -1.89. The molecular formula is C13H18N2O4S. The zero-order chi connectivity index (χ0) is 15.6. The first-order valence-corrected chi connectivity index (χ1v) is 7.45. The normalized spacial score (nSPS) is 11.8. The molecule has 0 saturated heterocycles. The van der Waals surface area contributed by atoms with E-state index in [9.17, 15) is 18.0 Å². The minimum atomic E-state index is -3.95. The van der Waals surface area contributed by atoms with E-state index in [0.29, 0.717) is 0 Å². The van der Waals surface area contributed by atoms with E-state index < -0.39 is 27.4 Å². The van der Waals surface area contributed by atoms with Crippen LogP contribution in [0.1, 0.15) is 26.3 Å². The third-order valence-corrected chi connectivity index (χ3v) is 3.96. The van der Waals surface area contributed by atoms with Crippen molar-refractivity contribution in [3.05, 3.63) is 29.8 Å². The highest BCUT2D eigenvalue weighted by Crippen LogP contribution is 2.11. The van der Waals surface area contributed by atoms with Gasteiger partial charge in [-0.3, -0.25) is 9.59 Å². The van der Waals surface area contributed by atoms with Gasteiger partial charge in [0.25, 0.3) is 15.9 Å². The van der Waals surface area contributed by atoms with Gasteiger partial charge in [0.15, 0.2) is 0 Å². The van der Waals surface area contributed by atoms with Crippen molar-refractivity contribution in [2.75, 3.05) is 0 Å². The summed E-state index contributed by atoms with van der Waals surface area (Å²) in [6, 6.07) is 6.10. The van der Waals surface area contributed by atoms with Crippen molar-refractivity contribution in [1.29, 1.82) is 0 Å². The molecule has 1 aromatic carbocycles. The molecule has 0 radical (unpaired) electrons. The predicted octanol–water partition coefficient (Wildman–Crippen LogP) is 0.715. The van der Waals surface area contributed by atoms with Gasteiger partial charge in [-0.1, -0.05) is 17.7 Å². The number of hydrogen-bond acceptors (Lipinski definition) is 4. The van der Waals surface area contributed by atoms with Gasteiger partial charge in [-0.25, -0.2) is 13.1 Å². The monoisotopic (exact) mass is 298 g/mol. The molecule has 0 heterocycles. The Bertz CT molecular complexity index is 618. The molecule has 0 aliphatic heterocycles. The second-order valence-corrected chi connectivity index (χ2v) is 6.74. The third-order valence-electron chi connectivity index (χ3n) is 2.61. The Morgan fingerprint density at radius 2 is 1.60 bits per heavy atom. The van der Waals surface area contributed by atoms with E-state index in [-0.39, 0.29) is 4.90 Å². The molecule has 0 bridgehead atoms. The molecule has 0 aromatic heterocycles. The van der Waals surface area contributed by atoms with Gasteiger partial charge >= 0.3 is 0 Å². The topological polar surface area (TPSA) is 92.3 Å². The molecule has 0 unspecified atom stereocenters. The van der Waals surface area contributed by atoms with Crippen LogP contribution in [0.4, 0.5) is 0 Å². The minimum Gasteiger partial charge on any atom is -0.342 e. The molecule has 110 valence electrons. The quantitative estimate of drug-likeness (QED) is 0.856. The fraction of sp³-hybridized carbons (Fsp3) is 0.385. The molecule has 1 rings (SSSR count). The molecule has 0 aliphatic rings. The highest BCUT2D eigenvalue weighted by atomic mass is 32.2. The summed E-state index contributed by atoms with van der Waals surface area (Å²) >= 11 is 0. The molecule has 0 saturated carbocycles. The molecule has 0 spiro atoms. The summed E-state index contributed by atoms with van der Waals surface area (Å²) in [6.45, 7) is 5.93. The van der Waals surface area contributed by atoms with Gasteiger partial charge in [-0.05, 0) is 32.9 Å². The Morgan fingerprint density at radius 3 is 2.05 bits per heavy atom. The Morgan fingerprint density at radius 1 is 1.10 bits per heavy atom. The van der Waals surface area contributed by atoms with Gasteiger partial charge in [0, 0.05) is 6.92 Å². The highest BCUT2D eigenvalue weighted by molar-refractivity contribution is 7.90. The molecule has 1 aromatic rings. The predicted molar refractivity (Wildman–Crippen MR) is 74.4 cm³/mol. The van der Waals surface area contributed by atoms with Crippen LogP contribution in [-0.2, 0) is 19.6 Å². The summed E-state index contributed by atoms with van der Waals surface area (Å²) in [4.78, 5) is 22.9. The standard InChI is InChI=1S/C13H18N2O4S/c1-9-5-7-11(8-6-9)20(18,19)15-12(17)13(3,4)14-10(2)16/h5-8H,1-4H3,(H,14,16)(H,15,17). The van der Waals surface area contributed by atoms with Crippen molar-refractivity contribution >= 4 is 21.8 Å². The highest BCUT2D eigenvalue weighted by Gasteiger charge is 2.32. The average molecular weight is 298 g/mol. The van der Waals surface area contributed by atoms with Crippen molar-refractivity contribution in [2.24, 2.45) is 0 Å². The van der Waals surface area contributed by atoms with Gasteiger partial charge in [0.2, 0.25) is 5.91 Å². The summed E-state index contributed by atoms with van der Waals surface area (Å²) < 4.78 is 26.0. The van der Waals surface area contributed by atoms with Crippen molar-refractivity contribution < 1.29 is 18.0 Å². The minimum absolute atomic E-state index is 0.00456. The summed E-state index contributed by atoms with van der Waals surface area (Å²) in [7, 11) is -3.95. The van der Waals surface area contributed by atoms with Crippen LogP contribution in [0, 0.1) is 6.92 Å². The third kappa shape index (κ3) is 4.06. The summed E-state index contributed by atoms with van der Waals surface area (Å²) in [5.74, 6) is -1.22. The fourth-order valence-electron chi connectivity index (χ4n) is 1.52. The Balaban J connectivity index is 2.94. The molecule has 0 atom stereocenters. The Labute approximate surface area is 118 Å². The first kappa shape index (κ1) is 16.2. The molecule has 6 nitrogen and oxygen atoms in total. The van der Waals surface area contributed by atoms with Gasteiger partial charge in [0.05, 0.1) is 4.90 Å². The largest absolute Gasteiger partial charge is 0.342 e. The van der Waals surface area contributed by atoms with Crippen LogP contribution < -0.4 is 10.0 Å². The summed E-state index contributed by atoms with van der Waals surface area (Å²) in [6.07, 6.45) is 0. The lowest BCUT2D eigenvalue weighted by Crippen LogP contribution is -2.55. The van der Waals surface area contributed by atoms with E-state index in [4.69, 9.17) is 0 Å². The van der Waals surface area contributed by atoms with Crippen molar-refractivity contribution in [1.82, 2.24) is 10.0 Å². The lowest BCUT2D eigenvalue weighted by Gasteiger charge is -2.24. The first-order chi connectivity index (χ1) is 9.04. The number of hydrogen-bond donors (Lipinski definition) is 2. The number of nitrogens with one attached hydrogen (secondary N) is 2. The van der Waals surface area contributed by atoms with E-state index in [0.717, 1.165) is 5.56 Å². The van der Waals surface area contributed by atoms with Crippen LogP contribution in [0.15, 0.2) is 29.2 Å². The average Bonchev–Trinajstić information content (AvgIpc) is 2.27. The van der Waals surface area contributed by atoms with E-state index in [1.54, 1.807) is 12.1 Å². The lowest BCUT2D eigenvalue weighted by molar-refractivity contribution is -0.130.